The Hall–Kier alpha value is -3.69. The number of rotatable bonds is 4. The third-order valence-electron chi connectivity index (χ3n) is 6.59. The molecule has 3 aromatic heterocycles. The molecule has 4 aromatic rings. The molecule has 1 fully saturated rings. The Morgan fingerprint density at radius 3 is 2.60 bits per heavy atom. The molecule has 0 bridgehead atoms. The average Bonchev–Trinajstić information content (AvgIpc) is 3.48. The predicted octanol–water partition coefficient (Wildman–Crippen LogP) is 6.03. The van der Waals surface area contributed by atoms with Crippen LogP contribution in [0.5, 0.6) is 0 Å². The predicted molar refractivity (Wildman–Crippen MR) is 125 cm³/mol. The van der Waals surface area contributed by atoms with Crippen LogP contribution in [0.1, 0.15) is 61.8 Å². The fraction of sp³-hybridized carbons (Fsp3) is 0.360. The largest absolute Gasteiger partial charge is 0.433 e. The number of halogens is 3. The van der Waals surface area contributed by atoms with Crippen LogP contribution in [-0.2, 0) is 6.18 Å². The Labute approximate surface area is 200 Å². The average molecular weight is 483 g/mol. The molecule has 1 saturated carbocycles. The van der Waals surface area contributed by atoms with E-state index in [2.05, 4.69) is 29.2 Å². The van der Waals surface area contributed by atoms with Gasteiger partial charge in [0.15, 0.2) is 0 Å². The van der Waals surface area contributed by atoms with Gasteiger partial charge in [-0.05, 0) is 61.4 Å². The maximum Gasteiger partial charge on any atom is 0.433 e. The zero-order valence-corrected chi connectivity index (χ0v) is 19.4. The maximum absolute atomic E-state index is 13.1. The molecule has 1 aliphatic rings. The van der Waals surface area contributed by atoms with Crippen molar-refractivity contribution in [2.45, 2.75) is 51.7 Å². The van der Waals surface area contributed by atoms with Gasteiger partial charge in [-0.2, -0.15) is 23.4 Å². The molecule has 182 valence electrons. The van der Waals surface area contributed by atoms with Crippen molar-refractivity contribution in [2.75, 3.05) is 5.32 Å². The highest BCUT2D eigenvalue weighted by Gasteiger charge is 2.33. The van der Waals surface area contributed by atoms with Crippen LogP contribution in [0.15, 0.2) is 55.0 Å². The van der Waals surface area contributed by atoms with Gasteiger partial charge in [0, 0.05) is 24.0 Å². The van der Waals surface area contributed by atoms with E-state index in [1.165, 1.54) is 6.07 Å². The van der Waals surface area contributed by atoms with Gasteiger partial charge in [0.25, 0.3) is 5.91 Å². The molecule has 0 atom stereocenters. The minimum atomic E-state index is -4.64. The summed E-state index contributed by atoms with van der Waals surface area (Å²) in [5.74, 6) is -0.745. The molecular weight excluding hydrogens is 457 g/mol. The highest BCUT2D eigenvalue weighted by atomic mass is 19.4. The van der Waals surface area contributed by atoms with Crippen molar-refractivity contribution < 1.29 is 18.0 Å². The normalized spacial score (nSPS) is 16.5. The number of benzene rings is 1. The molecule has 7 nitrogen and oxygen atoms in total. The molecule has 3 heterocycles. The van der Waals surface area contributed by atoms with Gasteiger partial charge in [-0.25, -0.2) is 9.67 Å². The van der Waals surface area contributed by atoms with Crippen LogP contribution in [-0.4, -0.2) is 30.5 Å². The van der Waals surface area contributed by atoms with Gasteiger partial charge >= 0.3 is 6.18 Å². The molecule has 0 unspecified atom stereocenters. The van der Waals surface area contributed by atoms with Crippen molar-refractivity contribution in [1.29, 1.82) is 0 Å². The van der Waals surface area contributed by atoms with E-state index < -0.39 is 17.8 Å². The van der Waals surface area contributed by atoms with Crippen molar-refractivity contribution >= 4 is 22.5 Å². The molecule has 10 heteroatoms. The molecule has 0 aliphatic heterocycles. The van der Waals surface area contributed by atoms with Crippen molar-refractivity contribution in [3.63, 3.8) is 0 Å². The smallest absolute Gasteiger partial charge is 0.319 e. The SMILES string of the molecule is CC1(C)CCC(n2cc3cc(NC(=O)c4cccc(C(F)(F)F)n4)c(-n4cccn4)cc3n2)CC1. The van der Waals surface area contributed by atoms with Gasteiger partial charge in [0.2, 0.25) is 0 Å². The number of hydrogen-bond donors (Lipinski definition) is 1. The van der Waals surface area contributed by atoms with Crippen LogP contribution in [0.4, 0.5) is 18.9 Å². The van der Waals surface area contributed by atoms with Crippen molar-refractivity contribution in [1.82, 2.24) is 24.5 Å². The van der Waals surface area contributed by atoms with Gasteiger partial charge in [0.1, 0.15) is 11.4 Å². The maximum atomic E-state index is 13.1. The summed E-state index contributed by atoms with van der Waals surface area (Å²) >= 11 is 0. The molecule has 1 amide bonds. The lowest BCUT2D eigenvalue weighted by Crippen LogP contribution is -2.23. The monoisotopic (exact) mass is 482 g/mol. The van der Waals surface area contributed by atoms with E-state index in [1.54, 1.807) is 29.2 Å². The third-order valence-corrected chi connectivity index (χ3v) is 6.59. The number of aromatic nitrogens is 5. The van der Waals surface area contributed by atoms with Crippen LogP contribution in [0.2, 0.25) is 0 Å². The summed E-state index contributed by atoms with van der Waals surface area (Å²) < 4.78 is 42.8. The lowest BCUT2D eigenvalue weighted by Gasteiger charge is -2.34. The fourth-order valence-electron chi connectivity index (χ4n) is 4.52. The lowest BCUT2D eigenvalue weighted by molar-refractivity contribution is -0.141. The molecule has 1 aliphatic carbocycles. The molecule has 0 saturated heterocycles. The van der Waals surface area contributed by atoms with Gasteiger partial charge in [-0.15, -0.1) is 0 Å². The summed E-state index contributed by atoms with van der Waals surface area (Å²) in [6.07, 6.45) is 4.97. The van der Waals surface area contributed by atoms with Crippen LogP contribution in [0, 0.1) is 5.41 Å². The summed E-state index contributed by atoms with van der Waals surface area (Å²) in [5, 5.41) is 12.6. The third kappa shape index (κ3) is 4.78. The van der Waals surface area contributed by atoms with E-state index >= 15 is 0 Å². The first-order valence-electron chi connectivity index (χ1n) is 11.5. The van der Waals surface area contributed by atoms with E-state index in [1.807, 2.05) is 16.9 Å². The van der Waals surface area contributed by atoms with Gasteiger partial charge < -0.3 is 5.32 Å². The van der Waals surface area contributed by atoms with E-state index in [0.29, 0.717) is 22.8 Å². The van der Waals surface area contributed by atoms with Crippen molar-refractivity contribution in [3.8, 4) is 5.69 Å². The number of anilines is 1. The summed E-state index contributed by atoms with van der Waals surface area (Å²) in [5.41, 5.74) is 0.588. The Bertz CT molecular complexity index is 1360. The number of fused-ring (bicyclic) bond motifs is 1. The lowest BCUT2D eigenvalue weighted by atomic mass is 9.76. The number of nitrogens with one attached hydrogen (secondary N) is 1. The number of hydrogen-bond acceptors (Lipinski definition) is 4. The zero-order valence-electron chi connectivity index (χ0n) is 19.4. The number of amides is 1. The van der Waals surface area contributed by atoms with Crippen molar-refractivity contribution in [3.05, 3.63) is 66.4 Å². The van der Waals surface area contributed by atoms with Crippen molar-refractivity contribution in [2.24, 2.45) is 5.41 Å². The van der Waals surface area contributed by atoms with E-state index in [9.17, 15) is 18.0 Å². The minimum Gasteiger partial charge on any atom is -0.319 e. The Morgan fingerprint density at radius 2 is 1.91 bits per heavy atom. The molecule has 0 spiro atoms. The van der Waals surface area contributed by atoms with Crippen LogP contribution < -0.4 is 5.32 Å². The first-order chi connectivity index (χ1) is 16.6. The Balaban J connectivity index is 1.49. The molecule has 1 aromatic carbocycles. The Kier molecular flexibility index (Phi) is 5.61. The van der Waals surface area contributed by atoms with Crippen LogP contribution in [0.25, 0.3) is 16.6 Å². The standard InChI is InChI=1S/C25H25F3N6O/c1-24(2)9-7-17(8-10-24)34-15-16-13-20(21(14-19(16)32-34)33-12-4-11-29-33)31-23(35)18-5-3-6-22(30-18)25(26,27)28/h3-6,11-15,17H,7-10H2,1-2H3,(H,31,35). The minimum absolute atomic E-state index is 0.302. The summed E-state index contributed by atoms with van der Waals surface area (Å²) in [6.45, 7) is 4.57. The van der Waals surface area contributed by atoms with E-state index in [4.69, 9.17) is 5.10 Å². The van der Waals surface area contributed by atoms with Crippen LogP contribution in [0.3, 0.4) is 0 Å². The second-order valence-corrected chi connectivity index (χ2v) is 9.74. The topological polar surface area (TPSA) is 77.6 Å². The molecular formula is C25H25F3N6O. The van der Waals surface area contributed by atoms with Gasteiger partial charge in [-0.3, -0.25) is 9.48 Å². The summed E-state index contributed by atoms with van der Waals surface area (Å²) in [6, 6.07) is 8.88. The first-order valence-corrected chi connectivity index (χ1v) is 11.5. The highest BCUT2D eigenvalue weighted by molar-refractivity contribution is 6.05. The van der Waals surface area contributed by atoms with Gasteiger partial charge in [-0.1, -0.05) is 19.9 Å². The number of carbonyl (C=O) groups is 1. The van der Waals surface area contributed by atoms with Gasteiger partial charge in [0.05, 0.1) is 22.9 Å². The van der Waals surface area contributed by atoms with E-state index in [0.717, 1.165) is 48.7 Å². The van der Waals surface area contributed by atoms with E-state index in [-0.39, 0.29) is 5.69 Å². The number of alkyl halides is 3. The van der Waals surface area contributed by atoms with Crippen LogP contribution >= 0.6 is 0 Å². The number of pyridine rings is 1. The second kappa shape index (κ2) is 8.51. The fourth-order valence-corrected chi connectivity index (χ4v) is 4.52. The highest BCUT2D eigenvalue weighted by Crippen LogP contribution is 2.40. The molecule has 5 rings (SSSR count). The summed E-state index contributed by atoms with van der Waals surface area (Å²) in [4.78, 5) is 16.4. The molecule has 0 radical (unpaired) electrons. The number of carbonyl (C=O) groups excluding carboxylic acids is 1. The first kappa shape index (κ1) is 23.1. The zero-order chi connectivity index (χ0) is 24.8. The second-order valence-electron chi connectivity index (χ2n) is 9.74. The quantitative estimate of drug-likeness (QED) is 0.385. The molecule has 35 heavy (non-hydrogen) atoms. The summed E-state index contributed by atoms with van der Waals surface area (Å²) in [7, 11) is 0. The number of nitrogens with zero attached hydrogens (tertiary/aromatic N) is 5. The molecule has 1 N–H and O–H groups in total. The Morgan fingerprint density at radius 1 is 1.14 bits per heavy atom.